The molecule has 0 saturated carbocycles. The molecule has 2 aliphatic heterocycles. The van der Waals surface area contributed by atoms with Gasteiger partial charge in [-0.2, -0.15) is 0 Å². The lowest BCUT2D eigenvalue weighted by molar-refractivity contribution is -0.134. The fourth-order valence-electron chi connectivity index (χ4n) is 4.16. The van der Waals surface area contributed by atoms with E-state index in [1.165, 1.54) is 13.8 Å². The smallest absolute Gasteiger partial charge is 0.308 e. The molecular formula is C25H34O6. The predicted octanol–water partition coefficient (Wildman–Crippen LogP) is 4.88. The van der Waals surface area contributed by atoms with Gasteiger partial charge in [-0.3, -0.25) is 9.59 Å². The van der Waals surface area contributed by atoms with Gasteiger partial charge in [-0.05, 0) is 64.2 Å². The Morgan fingerprint density at radius 2 is 1.68 bits per heavy atom. The summed E-state index contributed by atoms with van der Waals surface area (Å²) in [6.45, 7) is 15.2. The van der Waals surface area contributed by atoms with E-state index in [0.717, 1.165) is 31.2 Å². The van der Waals surface area contributed by atoms with Crippen LogP contribution in [0.15, 0.2) is 30.9 Å². The standard InChI is InChI=1S/C25H34O6/c1-8-24(6,13-11-22-25(7,31-22)14-12-21-23(4,5)30-21)18-9-10-19(28-16(2)26)20(15-18)29-17(3)27/h8-10,15,21-22H,1,11-14H2,2-7H3. The third-order valence-electron chi connectivity index (χ3n) is 6.59. The number of hydrogen-bond acceptors (Lipinski definition) is 6. The summed E-state index contributed by atoms with van der Waals surface area (Å²) in [6, 6.07) is 5.29. The van der Waals surface area contributed by atoms with Crippen LogP contribution >= 0.6 is 0 Å². The van der Waals surface area contributed by atoms with Gasteiger partial charge in [0, 0.05) is 19.3 Å². The van der Waals surface area contributed by atoms with Crippen molar-refractivity contribution in [1.29, 1.82) is 0 Å². The monoisotopic (exact) mass is 430 g/mol. The fraction of sp³-hybridized carbons (Fsp3) is 0.600. The summed E-state index contributed by atoms with van der Waals surface area (Å²) in [5.41, 5.74) is 0.509. The van der Waals surface area contributed by atoms with Gasteiger partial charge in [-0.1, -0.05) is 19.1 Å². The van der Waals surface area contributed by atoms with E-state index in [-0.39, 0.29) is 34.2 Å². The molecule has 6 nitrogen and oxygen atoms in total. The summed E-state index contributed by atoms with van der Waals surface area (Å²) in [6.07, 6.45) is 6.18. The van der Waals surface area contributed by atoms with Crippen LogP contribution in [0.4, 0.5) is 0 Å². The summed E-state index contributed by atoms with van der Waals surface area (Å²) < 4.78 is 22.2. The molecule has 3 rings (SSSR count). The minimum atomic E-state index is -0.476. The number of esters is 2. The highest BCUT2D eigenvalue weighted by molar-refractivity contribution is 5.73. The SMILES string of the molecule is C=CC(C)(CCC1OC1(C)CCC1OC1(C)C)c1ccc(OC(C)=O)c(OC(C)=O)c1. The quantitative estimate of drug-likeness (QED) is 0.228. The molecule has 4 atom stereocenters. The van der Waals surface area contributed by atoms with Gasteiger partial charge < -0.3 is 18.9 Å². The Balaban J connectivity index is 1.65. The topological polar surface area (TPSA) is 77.7 Å². The highest BCUT2D eigenvalue weighted by Gasteiger charge is 2.55. The van der Waals surface area contributed by atoms with Gasteiger partial charge in [0.05, 0.1) is 23.4 Å². The van der Waals surface area contributed by atoms with Crippen molar-refractivity contribution < 1.29 is 28.5 Å². The van der Waals surface area contributed by atoms with Gasteiger partial charge >= 0.3 is 11.9 Å². The molecule has 1 aromatic rings. The Morgan fingerprint density at radius 1 is 1.06 bits per heavy atom. The van der Waals surface area contributed by atoms with Crippen LogP contribution in [0.25, 0.3) is 0 Å². The van der Waals surface area contributed by atoms with Crippen molar-refractivity contribution in [2.24, 2.45) is 0 Å². The molecule has 0 radical (unpaired) electrons. The molecule has 6 heteroatoms. The molecule has 0 amide bonds. The fourth-order valence-corrected chi connectivity index (χ4v) is 4.16. The van der Waals surface area contributed by atoms with Crippen molar-refractivity contribution in [1.82, 2.24) is 0 Å². The van der Waals surface area contributed by atoms with E-state index < -0.39 is 11.9 Å². The number of carbonyl (C=O) groups is 2. The van der Waals surface area contributed by atoms with E-state index >= 15 is 0 Å². The average Bonchev–Trinajstić information content (AvgIpc) is 3.52. The van der Waals surface area contributed by atoms with E-state index in [2.05, 4.69) is 34.3 Å². The zero-order valence-corrected chi connectivity index (χ0v) is 19.4. The van der Waals surface area contributed by atoms with Gasteiger partial charge in [0.1, 0.15) is 0 Å². The predicted molar refractivity (Wildman–Crippen MR) is 117 cm³/mol. The molecule has 31 heavy (non-hydrogen) atoms. The molecule has 2 fully saturated rings. The molecule has 0 aliphatic carbocycles. The first-order valence-corrected chi connectivity index (χ1v) is 10.9. The van der Waals surface area contributed by atoms with E-state index in [9.17, 15) is 9.59 Å². The van der Waals surface area contributed by atoms with Gasteiger partial charge in [-0.15, -0.1) is 6.58 Å². The van der Waals surface area contributed by atoms with Gasteiger partial charge in [0.15, 0.2) is 11.5 Å². The second kappa shape index (κ2) is 8.40. The lowest BCUT2D eigenvalue weighted by atomic mass is 9.77. The van der Waals surface area contributed by atoms with E-state index in [4.69, 9.17) is 18.9 Å². The zero-order valence-electron chi connectivity index (χ0n) is 19.4. The molecular weight excluding hydrogens is 396 g/mol. The number of epoxide rings is 2. The van der Waals surface area contributed by atoms with Crippen molar-refractivity contribution in [3.8, 4) is 11.5 Å². The molecule has 2 aliphatic rings. The minimum absolute atomic E-state index is 0.0140. The molecule has 0 spiro atoms. The number of benzene rings is 1. The van der Waals surface area contributed by atoms with Crippen molar-refractivity contribution in [2.75, 3.05) is 0 Å². The Hall–Kier alpha value is -2.18. The van der Waals surface area contributed by atoms with E-state index in [0.29, 0.717) is 6.10 Å². The van der Waals surface area contributed by atoms with Crippen LogP contribution in [0.5, 0.6) is 11.5 Å². The van der Waals surface area contributed by atoms with Crippen LogP contribution in [-0.4, -0.2) is 35.3 Å². The lowest BCUT2D eigenvalue weighted by Crippen LogP contribution is -2.21. The maximum Gasteiger partial charge on any atom is 0.308 e. The molecule has 0 N–H and O–H groups in total. The molecule has 170 valence electrons. The molecule has 4 unspecified atom stereocenters. The van der Waals surface area contributed by atoms with Crippen LogP contribution in [0.1, 0.15) is 72.8 Å². The average molecular weight is 431 g/mol. The zero-order chi connectivity index (χ0) is 23.0. The maximum absolute atomic E-state index is 11.5. The highest BCUT2D eigenvalue weighted by atomic mass is 16.6. The van der Waals surface area contributed by atoms with E-state index in [1.807, 2.05) is 12.1 Å². The third kappa shape index (κ3) is 5.55. The summed E-state index contributed by atoms with van der Waals surface area (Å²) in [7, 11) is 0. The summed E-state index contributed by atoms with van der Waals surface area (Å²) >= 11 is 0. The van der Waals surface area contributed by atoms with Crippen LogP contribution in [0, 0.1) is 0 Å². The van der Waals surface area contributed by atoms with Crippen molar-refractivity contribution in [3.63, 3.8) is 0 Å². The largest absolute Gasteiger partial charge is 0.423 e. The van der Waals surface area contributed by atoms with Gasteiger partial charge in [0.2, 0.25) is 0 Å². The molecule has 0 aromatic heterocycles. The Bertz CT molecular complexity index is 875. The molecule has 0 bridgehead atoms. The summed E-state index contributed by atoms with van der Waals surface area (Å²) in [5, 5.41) is 0. The first kappa shape index (κ1) is 23.5. The van der Waals surface area contributed by atoms with Crippen molar-refractivity contribution in [3.05, 3.63) is 36.4 Å². The number of carbonyl (C=O) groups excluding carboxylic acids is 2. The first-order chi connectivity index (χ1) is 14.4. The van der Waals surface area contributed by atoms with Gasteiger partial charge in [-0.25, -0.2) is 0 Å². The number of rotatable bonds is 10. The minimum Gasteiger partial charge on any atom is -0.423 e. The molecule has 2 heterocycles. The van der Waals surface area contributed by atoms with E-state index in [1.54, 1.807) is 12.1 Å². The maximum atomic E-state index is 11.5. The first-order valence-electron chi connectivity index (χ1n) is 10.9. The lowest BCUT2D eigenvalue weighted by Gasteiger charge is -2.27. The van der Waals surface area contributed by atoms with Crippen LogP contribution in [0.3, 0.4) is 0 Å². The molecule has 2 saturated heterocycles. The van der Waals surface area contributed by atoms with Crippen LogP contribution in [-0.2, 0) is 24.5 Å². The third-order valence-corrected chi connectivity index (χ3v) is 6.59. The van der Waals surface area contributed by atoms with Crippen LogP contribution in [0.2, 0.25) is 0 Å². The summed E-state index contributed by atoms with van der Waals surface area (Å²) in [4.78, 5) is 22.9. The Kier molecular flexibility index (Phi) is 6.36. The highest BCUT2D eigenvalue weighted by Crippen LogP contribution is 2.48. The number of allylic oxidation sites excluding steroid dienone is 1. The van der Waals surface area contributed by atoms with Crippen molar-refractivity contribution in [2.45, 2.75) is 96.1 Å². The Morgan fingerprint density at radius 3 is 2.23 bits per heavy atom. The molecule has 1 aromatic carbocycles. The summed E-state index contributed by atoms with van der Waals surface area (Å²) in [5.74, 6) is -0.498. The normalized spacial score (nSPS) is 27.7. The number of hydrogen-bond donors (Lipinski definition) is 0. The van der Waals surface area contributed by atoms with Crippen molar-refractivity contribution >= 4 is 11.9 Å². The Labute approximate surface area is 184 Å². The number of ether oxygens (including phenoxy) is 4. The second-order valence-electron chi connectivity index (χ2n) is 9.68. The second-order valence-corrected chi connectivity index (χ2v) is 9.68. The van der Waals surface area contributed by atoms with Gasteiger partial charge in [0.25, 0.3) is 0 Å². The van der Waals surface area contributed by atoms with Crippen LogP contribution < -0.4 is 9.47 Å².